The zero-order valence-electron chi connectivity index (χ0n) is 28.7. The zero-order chi connectivity index (χ0) is 35.6. The Morgan fingerprint density at radius 3 is 1.58 bits per heavy atom. The van der Waals surface area contributed by atoms with Crippen LogP contribution in [-0.2, 0) is 14.1 Å². The fourth-order valence-corrected chi connectivity index (χ4v) is 6.07. The van der Waals surface area contributed by atoms with Crippen molar-refractivity contribution < 1.29 is 0 Å². The van der Waals surface area contributed by atoms with E-state index in [1.807, 2.05) is 78.4 Å². The maximum absolute atomic E-state index is 5.80. The molecule has 2 N–H and O–H groups in total. The second kappa shape index (κ2) is 14.1. The number of imidazole rings is 2. The molecule has 0 aromatic carbocycles. The molecule has 1 aliphatic heterocycles. The fourth-order valence-electron chi connectivity index (χ4n) is 5.95. The minimum absolute atomic E-state index is 0.446. The van der Waals surface area contributed by atoms with E-state index in [9.17, 15) is 0 Å². The summed E-state index contributed by atoms with van der Waals surface area (Å²) in [4.78, 5) is 31.2. The van der Waals surface area contributed by atoms with Crippen molar-refractivity contribution in [3.05, 3.63) is 104 Å². The molecule has 9 heterocycles. The van der Waals surface area contributed by atoms with Crippen LogP contribution in [0, 0.1) is 0 Å². The van der Waals surface area contributed by atoms with Gasteiger partial charge in [-0.15, -0.1) is 0 Å². The summed E-state index contributed by atoms with van der Waals surface area (Å²) in [5, 5.41) is 15.5. The summed E-state index contributed by atoms with van der Waals surface area (Å²) >= 11 is 5.80. The van der Waals surface area contributed by atoms with Crippen LogP contribution in [0.1, 0.15) is 0 Å². The number of aryl methyl sites for hydroxylation is 2. The van der Waals surface area contributed by atoms with Crippen molar-refractivity contribution in [1.29, 1.82) is 0 Å². The molecule has 0 unspecified atom stereocenters. The van der Waals surface area contributed by atoms with Crippen molar-refractivity contribution in [1.82, 2.24) is 63.2 Å². The molecule has 262 valence electrons. The van der Waals surface area contributed by atoms with Gasteiger partial charge in [-0.05, 0) is 31.3 Å². The van der Waals surface area contributed by atoms with Gasteiger partial charge in [0.2, 0.25) is 0 Å². The van der Waals surface area contributed by atoms with Gasteiger partial charge in [0, 0.05) is 88.6 Å². The van der Waals surface area contributed by atoms with Crippen LogP contribution in [-0.4, -0.2) is 96.4 Å². The quantitative estimate of drug-likeness (QED) is 0.215. The highest BCUT2D eigenvalue weighted by Crippen LogP contribution is 2.27. The van der Waals surface area contributed by atoms with Crippen LogP contribution in [0.5, 0.6) is 0 Å². The summed E-state index contributed by atoms with van der Waals surface area (Å²) in [5.74, 6) is 2.35. The van der Waals surface area contributed by atoms with E-state index in [1.165, 1.54) is 0 Å². The molecule has 0 saturated carbocycles. The van der Waals surface area contributed by atoms with Gasteiger partial charge in [0.05, 0.1) is 59.9 Å². The van der Waals surface area contributed by atoms with Gasteiger partial charge in [0.25, 0.3) is 0 Å². The molecule has 8 aromatic rings. The first-order valence-electron chi connectivity index (χ1n) is 16.6. The van der Waals surface area contributed by atoms with E-state index in [0.717, 1.165) is 77.2 Å². The van der Waals surface area contributed by atoms with Gasteiger partial charge < -0.3 is 20.4 Å². The van der Waals surface area contributed by atoms with Crippen LogP contribution in [0.2, 0.25) is 5.15 Å². The number of nitrogens with zero attached hydrogens (tertiary/aromatic N) is 14. The number of aromatic nitrogens is 12. The lowest BCUT2D eigenvalue weighted by Crippen LogP contribution is -2.44. The van der Waals surface area contributed by atoms with Crippen molar-refractivity contribution in [2.45, 2.75) is 0 Å². The molecule has 0 amide bonds. The Kier molecular flexibility index (Phi) is 8.88. The van der Waals surface area contributed by atoms with E-state index in [-0.39, 0.29) is 0 Å². The van der Waals surface area contributed by atoms with E-state index < -0.39 is 0 Å². The first kappa shape index (κ1) is 32.8. The summed E-state index contributed by atoms with van der Waals surface area (Å²) < 4.78 is 7.52. The standard InChI is InChI=1S/C20H23N9.C15H12ClN7/c1-26-7-9-28(10-8-26)18-4-3-16(12-22-18)25-19-20-23-13-17(29(20)6-5-21-19)15-11-24-27(2)14-15;1-22-9-10(6-20-22)12-8-19-15-14(17-4-5-23(12)15)21-11-2-3-13(16)18-7-11/h3-6,11-14H,7-10H2,1-2H3,(H,21,25);2-9H,1H3,(H,17,21). The van der Waals surface area contributed by atoms with Gasteiger partial charge in [-0.25, -0.2) is 29.9 Å². The third kappa shape index (κ3) is 6.84. The van der Waals surface area contributed by atoms with Crippen LogP contribution in [0.25, 0.3) is 33.8 Å². The highest BCUT2D eigenvalue weighted by atomic mass is 35.5. The number of hydrogen-bond acceptors (Lipinski definition) is 12. The normalized spacial score (nSPS) is 13.3. The molecule has 17 heteroatoms. The monoisotopic (exact) mass is 714 g/mol. The van der Waals surface area contributed by atoms with Crippen molar-refractivity contribution in [2.75, 3.05) is 48.8 Å². The van der Waals surface area contributed by atoms with E-state index >= 15 is 0 Å². The van der Waals surface area contributed by atoms with Gasteiger partial charge in [-0.2, -0.15) is 10.2 Å². The number of halogens is 1. The fraction of sp³-hybridized carbons (Fsp3) is 0.200. The Morgan fingerprint density at radius 1 is 0.577 bits per heavy atom. The van der Waals surface area contributed by atoms with Crippen LogP contribution < -0.4 is 15.5 Å². The summed E-state index contributed by atoms with van der Waals surface area (Å²) in [6.45, 7) is 4.13. The molecule has 1 fully saturated rings. The topological polar surface area (TPSA) is 152 Å². The number of rotatable bonds is 7. The predicted molar refractivity (Wildman–Crippen MR) is 200 cm³/mol. The number of piperazine rings is 1. The number of nitrogens with one attached hydrogen (secondary N) is 2. The number of pyridine rings is 2. The van der Waals surface area contributed by atoms with E-state index in [4.69, 9.17) is 11.6 Å². The molecule has 0 atom stereocenters. The second-order valence-electron chi connectivity index (χ2n) is 12.3. The Balaban J connectivity index is 0.000000153. The highest BCUT2D eigenvalue weighted by molar-refractivity contribution is 6.29. The number of anilines is 5. The molecule has 0 bridgehead atoms. The van der Waals surface area contributed by atoms with Gasteiger partial charge in [0.1, 0.15) is 11.0 Å². The minimum atomic E-state index is 0.446. The molecular formula is C35H35ClN16. The third-order valence-corrected chi connectivity index (χ3v) is 8.91. The molecule has 52 heavy (non-hydrogen) atoms. The Hall–Kier alpha value is -6.39. The Morgan fingerprint density at radius 2 is 1.12 bits per heavy atom. The number of likely N-dealkylation sites (N-methyl/N-ethyl adjacent to an activating group) is 1. The molecule has 1 aliphatic rings. The first-order valence-corrected chi connectivity index (χ1v) is 16.9. The average molecular weight is 715 g/mol. The smallest absolute Gasteiger partial charge is 0.180 e. The van der Waals surface area contributed by atoms with E-state index in [1.54, 1.807) is 46.4 Å². The van der Waals surface area contributed by atoms with Crippen molar-refractivity contribution in [3.63, 3.8) is 0 Å². The van der Waals surface area contributed by atoms with Crippen LogP contribution >= 0.6 is 11.6 Å². The van der Waals surface area contributed by atoms with Gasteiger partial charge in [-0.1, -0.05) is 11.6 Å². The van der Waals surface area contributed by atoms with Crippen molar-refractivity contribution in [2.24, 2.45) is 14.1 Å². The lowest BCUT2D eigenvalue weighted by Gasteiger charge is -2.33. The summed E-state index contributed by atoms with van der Waals surface area (Å²) in [5.41, 5.74) is 7.08. The van der Waals surface area contributed by atoms with Gasteiger partial charge in [-0.3, -0.25) is 18.2 Å². The largest absolute Gasteiger partial charge is 0.354 e. The SMILES string of the molecule is CN1CCN(c2ccc(Nc3nccn4c(-c5cnn(C)c5)cnc34)cn2)CC1.Cn1cc(-c2cnc3c(Nc4ccc(Cl)nc4)nccn23)cn1. The number of fused-ring (bicyclic) bond motifs is 2. The maximum atomic E-state index is 5.80. The van der Waals surface area contributed by atoms with Crippen molar-refractivity contribution in [3.8, 4) is 22.5 Å². The molecule has 16 nitrogen and oxygen atoms in total. The van der Waals surface area contributed by atoms with Crippen molar-refractivity contribution >= 4 is 51.7 Å². The van der Waals surface area contributed by atoms with E-state index in [2.05, 4.69) is 73.6 Å². The number of hydrogen-bond donors (Lipinski definition) is 2. The minimum Gasteiger partial charge on any atom is -0.354 e. The second-order valence-corrected chi connectivity index (χ2v) is 12.7. The molecule has 0 radical (unpaired) electrons. The van der Waals surface area contributed by atoms with Crippen LogP contribution in [0.3, 0.4) is 0 Å². The molecule has 1 saturated heterocycles. The molecule has 0 aliphatic carbocycles. The van der Waals surface area contributed by atoms with E-state index in [0.29, 0.717) is 16.8 Å². The average Bonchev–Trinajstić information content (AvgIpc) is 3.98. The first-order chi connectivity index (χ1) is 25.4. The molecule has 9 rings (SSSR count). The molecule has 0 spiro atoms. The molecular weight excluding hydrogens is 680 g/mol. The zero-order valence-corrected chi connectivity index (χ0v) is 29.5. The summed E-state index contributed by atoms with van der Waals surface area (Å²) in [6.07, 6.45) is 22.0. The lowest BCUT2D eigenvalue weighted by atomic mass is 10.3. The lowest BCUT2D eigenvalue weighted by molar-refractivity contribution is 0.312. The van der Waals surface area contributed by atoms with Crippen LogP contribution in [0.4, 0.5) is 28.8 Å². The highest BCUT2D eigenvalue weighted by Gasteiger charge is 2.16. The Bertz CT molecular complexity index is 2440. The molecule has 8 aromatic heterocycles. The van der Waals surface area contributed by atoms with Gasteiger partial charge >= 0.3 is 0 Å². The third-order valence-electron chi connectivity index (χ3n) is 8.69. The predicted octanol–water partition coefficient (Wildman–Crippen LogP) is 4.94. The summed E-state index contributed by atoms with van der Waals surface area (Å²) in [6, 6.07) is 7.65. The van der Waals surface area contributed by atoms with Gasteiger partial charge in [0.15, 0.2) is 22.9 Å². The summed E-state index contributed by atoms with van der Waals surface area (Å²) in [7, 11) is 5.94. The maximum Gasteiger partial charge on any atom is 0.180 e. The Labute approximate surface area is 303 Å². The van der Waals surface area contributed by atoms with Crippen LogP contribution in [0.15, 0.2) is 98.6 Å².